The van der Waals surface area contributed by atoms with E-state index in [4.69, 9.17) is 9.47 Å². The molecule has 2 aliphatic rings. The summed E-state index contributed by atoms with van der Waals surface area (Å²) in [4.78, 5) is 16.3. The highest BCUT2D eigenvalue weighted by Gasteiger charge is 2.36. The fourth-order valence-corrected chi connectivity index (χ4v) is 3.90. The number of alkyl halides is 5. The van der Waals surface area contributed by atoms with Crippen molar-refractivity contribution in [2.75, 3.05) is 13.7 Å². The molecule has 1 atom stereocenters. The number of rotatable bonds is 6. The topological polar surface area (TPSA) is 59.9 Å². The summed E-state index contributed by atoms with van der Waals surface area (Å²) < 4.78 is 76.6. The molecule has 174 valence electrons. The van der Waals surface area contributed by atoms with E-state index in [9.17, 15) is 26.7 Å². The maximum absolute atomic E-state index is 13.4. The van der Waals surface area contributed by atoms with Crippen molar-refractivity contribution in [3.8, 4) is 11.5 Å². The number of fused-ring (bicyclic) bond motifs is 1. The number of amidine groups is 1. The van der Waals surface area contributed by atoms with Crippen molar-refractivity contribution in [2.45, 2.75) is 31.5 Å². The van der Waals surface area contributed by atoms with Crippen LogP contribution in [0.4, 0.5) is 22.0 Å². The van der Waals surface area contributed by atoms with Gasteiger partial charge in [0.05, 0.1) is 19.2 Å². The number of nitrogens with one attached hydrogen (secondary N) is 1. The van der Waals surface area contributed by atoms with Gasteiger partial charge in [-0.15, -0.1) is 0 Å². The van der Waals surface area contributed by atoms with E-state index in [-0.39, 0.29) is 24.9 Å². The van der Waals surface area contributed by atoms with Crippen LogP contribution in [0.1, 0.15) is 41.0 Å². The lowest BCUT2D eigenvalue weighted by atomic mass is 9.84. The van der Waals surface area contributed by atoms with Gasteiger partial charge in [-0.3, -0.25) is 9.79 Å². The van der Waals surface area contributed by atoms with Crippen LogP contribution in [0.15, 0.2) is 53.0 Å². The van der Waals surface area contributed by atoms with Gasteiger partial charge >= 0.3 is 6.18 Å². The second-order valence-electron chi connectivity index (χ2n) is 7.57. The van der Waals surface area contributed by atoms with Gasteiger partial charge in [-0.25, -0.2) is 8.78 Å². The van der Waals surface area contributed by atoms with Crippen LogP contribution < -0.4 is 14.8 Å². The van der Waals surface area contributed by atoms with E-state index >= 15 is 0 Å². The van der Waals surface area contributed by atoms with Crippen LogP contribution in [0, 0.1) is 0 Å². The zero-order valence-electron chi connectivity index (χ0n) is 17.4. The van der Waals surface area contributed by atoms with Gasteiger partial charge in [0.2, 0.25) is 5.91 Å². The first-order chi connectivity index (χ1) is 15.7. The number of hydrogen-bond acceptors (Lipinski definition) is 4. The molecular weight excluding hydrogens is 447 g/mol. The lowest BCUT2D eigenvalue weighted by molar-refractivity contribution is -0.139. The monoisotopic (exact) mass is 466 g/mol. The first-order valence-electron chi connectivity index (χ1n) is 10.0. The summed E-state index contributed by atoms with van der Waals surface area (Å²) in [5.74, 6) is -0.0134. The molecule has 10 heteroatoms. The smallest absolute Gasteiger partial charge is 0.419 e. The molecule has 2 heterocycles. The Balaban J connectivity index is 1.58. The molecule has 2 aliphatic heterocycles. The van der Waals surface area contributed by atoms with Gasteiger partial charge in [0.25, 0.3) is 6.43 Å². The lowest BCUT2D eigenvalue weighted by Crippen LogP contribution is -2.38. The maximum Gasteiger partial charge on any atom is 0.419 e. The van der Waals surface area contributed by atoms with Crippen molar-refractivity contribution in [3.05, 3.63) is 70.3 Å². The molecule has 5 nitrogen and oxygen atoms in total. The van der Waals surface area contributed by atoms with Crippen LogP contribution in [0.2, 0.25) is 0 Å². The van der Waals surface area contributed by atoms with Gasteiger partial charge in [0.15, 0.2) is 0 Å². The van der Waals surface area contributed by atoms with Crippen LogP contribution >= 0.6 is 0 Å². The lowest BCUT2D eigenvalue weighted by Gasteiger charge is -2.26. The summed E-state index contributed by atoms with van der Waals surface area (Å²) in [6.07, 6.45) is -5.72. The van der Waals surface area contributed by atoms with Crippen molar-refractivity contribution >= 4 is 11.7 Å². The van der Waals surface area contributed by atoms with Crippen molar-refractivity contribution < 1.29 is 36.2 Å². The van der Waals surface area contributed by atoms with E-state index < -0.39 is 29.5 Å². The molecule has 1 N–H and O–H groups in total. The zero-order chi connectivity index (χ0) is 23.8. The first kappa shape index (κ1) is 22.8. The third kappa shape index (κ3) is 4.69. The number of ether oxygens (including phenoxy) is 2. The maximum atomic E-state index is 13.4. The molecule has 0 spiro atoms. The Morgan fingerprint density at radius 1 is 1.15 bits per heavy atom. The number of benzene rings is 2. The Hall–Kier alpha value is -3.43. The molecule has 2 aromatic rings. The van der Waals surface area contributed by atoms with Crippen LogP contribution in [0.25, 0.3) is 0 Å². The highest BCUT2D eigenvalue weighted by Crippen LogP contribution is 2.40. The molecule has 1 amide bonds. The van der Waals surface area contributed by atoms with E-state index in [0.717, 1.165) is 23.3 Å². The van der Waals surface area contributed by atoms with E-state index in [1.807, 2.05) is 6.08 Å². The molecule has 1 fully saturated rings. The minimum Gasteiger partial charge on any atom is -0.496 e. The Morgan fingerprint density at radius 2 is 1.94 bits per heavy atom. The molecule has 2 aromatic carbocycles. The van der Waals surface area contributed by atoms with E-state index in [2.05, 4.69) is 10.3 Å². The molecule has 0 radical (unpaired) electrons. The predicted molar refractivity (Wildman–Crippen MR) is 110 cm³/mol. The number of halogens is 5. The number of carbonyl (C=O) groups is 1. The van der Waals surface area contributed by atoms with E-state index in [1.165, 1.54) is 7.11 Å². The third-order valence-electron chi connectivity index (χ3n) is 5.51. The minimum absolute atomic E-state index is 0.156. The van der Waals surface area contributed by atoms with Gasteiger partial charge in [-0.1, -0.05) is 18.2 Å². The Bertz CT molecular complexity index is 1140. The van der Waals surface area contributed by atoms with Crippen LogP contribution in [-0.2, 0) is 17.6 Å². The summed E-state index contributed by atoms with van der Waals surface area (Å²) in [6.45, 7) is 0.206. The number of aliphatic imine (C=N–C) groups is 1. The molecule has 4 rings (SSSR count). The number of hydrogen-bond donors (Lipinski definition) is 1. The first-order valence-corrected chi connectivity index (χ1v) is 10.0. The van der Waals surface area contributed by atoms with Crippen molar-refractivity contribution in [1.82, 2.24) is 5.32 Å². The highest BCUT2D eigenvalue weighted by molar-refractivity contribution is 6.12. The second kappa shape index (κ2) is 8.84. The fourth-order valence-electron chi connectivity index (χ4n) is 3.90. The summed E-state index contributed by atoms with van der Waals surface area (Å²) >= 11 is 0. The minimum atomic E-state index is -4.86. The highest BCUT2D eigenvalue weighted by atomic mass is 19.4. The molecule has 0 bridgehead atoms. The average Bonchev–Trinajstić information content (AvgIpc) is 3.24. The average molecular weight is 466 g/mol. The van der Waals surface area contributed by atoms with Gasteiger partial charge in [0, 0.05) is 29.0 Å². The number of nitrogens with zero attached hydrogens (tertiary/aromatic N) is 1. The molecule has 0 aliphatic carbocycles. The Labute approximate surface area is 185 Å². The van der Waals surface area contributed by atoms with Crippen molar-refractivity contribution in [3.63, 3.8) is 0 Å². The summed E-state index contributed by atoms with van der Waals surface area (Å²) in [6, 6.07) is 7.29. The fraction of sp³-hybridized carbons (Fsp3) is 0.304. The van der Waals surface area contributed by atoms with Gasteiger partial charge < -0.3 is 14.8 Å². The van der Waals surface area contributed by atoms with Crippen molar-refractivity contribution in [1.29, 1.82) is 0 Å². The molecule has 1 saturated heterocycles. The standard InChI is InChI=1S/C23H19F5N2O3/c1-32-19-9-12(16-10-20(31)30-22-15(16)6-7-29-22)2-3-14(19)11-33-18-5-4-13(21(24)25)8-17(18)23(26,27)28/h2-6,8-9,16,21H,7,10-11H2,1H3,(H,29,30,31). The molecule has 0 aromatic heterocycles. The van der Waals surface area contributed by atoms with Gasteiger partial charge in [0.1, 0.15) is 23.9 Å². The quantitative estimate of drug-likeness (QED) is 0.598. The number of methoxy groups -OCH3 is 1. The Kier molecular flexibility index (Phi) is 6.09. The Morgan fingerprint density at radius 3 is 2.64 bits per heavy atom. The normalized spacial score (nSPS) is 17.9. The SMILES string of the molecule is COc1cc(C2CC(=O)NC3=NCC=C32)ccc1COc1ccc(C(F)F)cc1C(F)(F)F. The van der Waals surface area contributed by atoms with Gasteiger partial charge in [-0.2, -0.15) is 13.2 Å². The van der Waals surface area contributed by atoms with Crippen LogP contribution in [0.3, 0.4) is 0 Å². The zero-order valence-corrected chi connectivity index (χ0v) is 17.4. The summed E-state index contributed by atoms with van der Waals surface area (Å²) in [5, 5.41) is 2.74. The third-order valence-corrected chi connectivity index (χ3v) is 5.51. The van der Waals surface area contributed by atoms with Crippen LogP contribution in [-0.4, -0.2) is 25.4 Å². The summed E-state index contributed by atoms with van der Waals surface area (Å²) in [5.41, 5.74) is 0.154. The molecular formula is C23H19F5N2O3. The van der Waals surface area contributed by atoms with E-state index in [1.54, 1.807) is 18.2 Å². The number of carbonyl (C=O) groups excluding carboxylic acids is 1. The second-order valence-corrected chi connectivity index (χ2v) is 7.57. The van der Waals surface area contributed by atoms with Gasteiger partial charge in [-0.05, 0) is 29.8 Å². The number of amides is 1. The van der Waals surface area contributed by atoms with Crippen molar-refractivity contribution in [2.24, 2.45) is 4.99 Å². The van der Waals surface area contributed by atoms with E-state index in [0.29, 0.717) is 29.8 Å². The molecule has 33 heavy (non-hydrogen) atoms. The molecule has 0 saturated carbocycles. The summed E-state index contributed by atoms with van der Waals surface area (Å²) in [7, 11) is 1.41. The molecule has 1 unspecified atom stereocenters. The predicted octanol–water partition coefficient (Wildman–Crippen LogP) is 5.17. The number of piperidine rings is 1. The van der Waals surface area contributed by atoms with Crippen LogP contribution in [0.5, 0.6) is 11.5 Å². The largest absolute Gasteiger partial charge is 0.496 e.